The number of hydrogen-bond acceptors (Lipinski definition) is 5. The lowest BCUT2D eigenvalue weighted by molar-refractivity contribution is -0.127. The third-order valence-electron chi connectivity index (χ3n) is 4.61. The highest BCUT2D eigenvalue weighted by Crippen LogP contribution is 2.28. The molecule has 0 radical (unpaired) electrons. The topological polar surface area (TPSA) is 113 Å². The van der Waals surface area contributed by atoms with Crippen LogP contribution in [-0.4, -0.2) is 48.3 Å². The van der Waals surface area contributed by atoms with Crippen LogP contribution in [0, 0.1) is 5.92 Å². The maximum Gasteiger partial charge on any atom is 0.223 e. The van der Waals surface area contributed by atoms with Gasteiger partial charge in [0.05, 0.1) is 17.9 Å². The van der Waals surface area contributed by atoms with Gasteiger partial charge in [-0.15, -0.1) is 0 Å². The first-order chi connectivity index (χ1) is 12.3. The molecule has 0 saturated heterocycles. The fraction of sp³-hybridized carbons (Fsp3) is 0.765. The number of aromatic amines is 1. The molecule has 3 N–H and O–H groups in total. The number of aromatic nitrogens is 2. The standard InChI is InChI=1S/C17H30N4O4S/c1-4-9-25-15-6-5-13(10-14(15)21-26(23,24)12(2)3)17(22)20-11-16-18-7-8-19-16/h7-8,12-15,21H,4-6,9-11H2,1-3H3,(H,18,19)(H,20,22)/t13-,14+,15+/m0/s1. The molecule has 2 rings (SSSR count). The lowest BCUT2D eigenvalue weighted by Gasteiger charge is -2.36. The van der Waals surface area contributed by atoms with Crippen molar-refractivity contribution in [1.29, 1.82) is 0 Å². The highest BCUT2D eigenvalue weighted by molar-refractivity contribution is 7.90. The van der Waals surface area contributed by atoms with Crippen LogP contribution in [0.5, 0.6) is 0 Å². The predicted molar refractivity (Wildman–Crippen MR) is 98.8 cm³/mol. The van der Waals surface area contributed by atoms with E-state index in [-0.39, 0.29) is 24.0 Å². The minimum atomic E-state index is -3.43. The van der Waals surface area contributed by atoms with Gasteiger partial charge in [0, 0.05) is 31.0 Å². The van der Waals surface area contributed by atoms with Gasteiger partial charge in [-0.05, 0) is 39.5 Å². The van der Waals surface area contributed by atoms with Crippen molar-refractivity contribution in [2.24, 2.45) is 5.92 Å². The average molecular weight is 387 g/mol. The van der Waals surface area contributed by atoms with E-state index in [1.165, 1.54) is 0 Å². The highest BCUT2D eigenvalue weighted by atomic mass is 32.2. The Morgan fingerprint density at radius 3 is 2.81 bits per heavy atom. The molecule has 1 saturated carbocycles. The molecule has 9 heteroatoms. The van der Waals surface area contributed by atoms with Crippen molar-refractivity contribution in [3.05, 3.63) is 18.2 Å². The third-order valence-corrected chi connectivity index (χ3v) is 6.49. The molecule has 0 aliphatic heterocycles. The third kappa shape index (κ3) is 5.78. The van der Waals surface area contributed by atoms with Crippen molar-refractivity contribution < 1.29 is 17.9 Å². The van der Waals surface area contributed by atoms with Crippen molar-refractivity contribution in [3.63, 3.8) is 0 Å². The second kappa shape index (κ2) is 9.48. The van der Waals surface area contributed by atoms with Crippen LogP contribution in [0.2, 0.25) is 0 Å². The molecular weight excluding hydrogens is 356 g/mol. The number of rotatable bonds is 9. The first-order valence-corrected chi connectivity index (χ1v) is 10.8. The molecule has 1 fully saturated rings. The van der Waals surface area contributed by atoms with Crippen LogP contribution in [0.3, 0.4) is 0 Å². The second-order valence-electron chi connectivity index (χ2n) is 6.99. The fourth-order valence-corrected chi connectivity index (χ4v) is 3.97. The van der Waals surface area contributed by atoms with E-state index < -0.39 is 15.3 Å². The lowest BCUT2D eigenvalue weighted by Crippen LogP contribution is -2.51. The smallest absolute Gasteiger partial charge is 0.223 e. The Bertz CT molecular complexity index is 660. The molecule has 26 heavy (non-hydrogen) atoms. The van der Waals surface area contributed by atoms with E-state index >= 15 is 0 Å². The predicted octanol–water partition coefficient (Wildman–Crippen LogP) is 1.32. The van der Waals surface area contributed by atoms with Crippen LogP contribution in [0.25, 0.3) is 0 Å². The Morgan fingerprint density at radius 1 is 1.42 bits per heavy atom. The SMILES string of the molecule is CCCO[C@@H]1CC[C@H](C(=O)NCc2ncc[nH]2)C[C@H]1NS(=O)(=O)C(C)C. The summed E-state index contributed by atoms with van der Waals surface area (Å²) in [7, 11) is -3.43. The van der Waals surface area contributed by atoms with Gasteiger partial charge in [-0.2, -0.15) is 0 Å². The van der Waals surface area contributed by atoms with Gasteiger partial charge in [-0.1, -0.05) is 6.92 Å². The van der Waals surface area contributed by atoms with Gasteiger partial charge in [0.2, 0.25) is 15.9 Å². The summed E-state index contributed by atoms with van der Waals surface area (Å²) in [6.45, 7) is 6.21. The number of nitrogens with one attached hydrogen (secondary N) is 3. The number of carbonyl (C=O) groups is 1. The van der Waals surface area contributed by atoms with Crippen molar-refractivity contribution in [2.75, 3.05) is 6.61 Å². The van der Waals surface area contributed by atoms with Gasteiger partial charge in [0.25, 0.3) is 0 Å². The normalized spacial score (nSPS) is 23.9. The molecule has 0 aromatic carbocycles. The van der Waals surface area contributed by atoms with Crippen molar-refractivity contribution >= 4 is 15.9 Å². The summed E-state index contributed by atoms with van der Waals surface area (Å²) in [4.78, 5) is 19.5. The molecule has 0 spiro atoms. The second-order valence-corrected chi connectivity index (χ2v) is 9.26. The summed E-state index contributed by atoms with van der Waals surface area (Å²) in [6, 6.07) is -0.387. The Kier molecular flexibility index (Phi) is 7.60. The number of ether oxygens (including phenoxy) is 1. The van der Waals surface area contributed by atoms with Crippen molar-refractivity contribution in [1.82, 2.24) is 20.0 Å². The summed E-state index contributed by atoms with van der Waals surface area (Å²) in [6.07, 6.45) is 5.78. The Balaban J connectivity index is 1.99. The van der Waals surface area contributed by atoms with E-state index in [1.807, 2.05) is 6.92 Å². The molecule has 0 bridgehead atoms. The van der Waals surface area contributed by atoms with Crippen LogP contribution in [0.4, 0.5) is 0 Å². The minimum absolute atomic E-state index is 0.0795. The minimum Gasteiger partial charge on any atom is -0.377 e. The molecular formula is C17H30N4O4S. The van der Waals surface area contributed by atoms with E-state index in [4.69, 9.17) is 4.74 Å². The Morgan fingerprint density at radius 2 is 2.19 bits per heavy atom. The van der Waals surface area contributed by atoms with Crippen LogP contribution >= 0.6 is 0 Å². The van der Waals surface area contributed by atoms with Crippen LogP contribution in [0.1, 0.15) is 52.3 Å². The first kappa shape index (κ1) is 20.9. The molecule has 1 aliphatic rings. The first-order valence-electron chi connectivity index (χ1n) is 9.22. The lowest BCUT2D eigenvalue weighted by atomic mass is 9.83. The van der Waals surface area contributed by atoms with E-state index in [2.05, 4.69) is 20.0 Å². The zero-order chi connectivity index (χ0) is 19.2. The average Bonchev–Trinajstić information content (AvgIpc) is 3.11. The number of amides is 1. The van der Waals surface area contributed by atoms with Crippen LogP contribution < -0.4 is 10.0 Å². The number of hydrogen-bond donors (Lipinski definition) is 3. The number of imidazole rings is 1. The zero-order valence-corrected chi connectivity index (χ0v) is 16.5. The van der Waals surface area contributed by atoms with Crippen molar-refractivity contribution in [2.45, 2.75) is 70.4 Å². The summed E-state index contributed by atoms with van der Waals surface area (Å²) in [5, 5.41) is 2.34. The molecule has 1 aliphatic carbocycles. The number of sulfonamides is 1. The van der Waals surface area contributed by atoms with Crippen LogP contribution in [0.15, 0.2) is 12.4 Å². The summed E-state index contributed by atoms with van der Waals surface area (Å²) < 4.78 is 33.2. The van der Waals surface area contributed by atoms with Gasteiger partial charge in [0.1, 0.15) is 5.82 Å². The maximum absolute atomic E-state index is 12.5. The Labute approximate surface area is 155 Å². The number of carbonyl (C=O) groups excluding carboxylic acids is 1. The monoisotopic (exact) mass is 386 g/mol. The number of H-pyrrole nitrogens is 1. The molecule has 1 aromatic heterocycles. The van der Waals surface area contributed by atoms with E-state index in [0.717, 1.165) is 6.42 Å². The van der Waals surface area contributed by atoms with Crippen LogP contribution in [-0.2, 0) is 26.1 Å². The highest BCUT2D eigenvalue weighted by Gasteiger charge is 2.37. The molecule has 1 amide bonds. The van der Waals surface area contributed by atoms with Gasteiger partial charge >= 0.3 is 0 Å². The van der Waals surface area contributed by atoms with Gasteiger partial charge in [-0.3, -0.25) is 4.79 Å². The zero-order valence-electron chi connectivity index (χ0n) is 15.7. The quantitative estimate of drug-likeness (QED) is 0.592. The maximum atomic E-state index is 12.5. The summed E-state index contributed by atoms with van der Waals surface area (Å²) in [5.74, 6) is 0.366. The Hall–Kier alpha value is -1.45. The number of nitrogens with zero attached hydrogens (tertiary/aromatic N) is 1. The van der Waals surface area contributed by atoms with Crippen molar-refractivity contribution in [3.8, 4) is 0 Å². The van der Waals surface area contributed by atoms with E-state index in [1.54, 1.807) is 26.2 Å². The molecule has 1 aromatic rings. The largest absolute Gasteiger partial charge is 0.377 e. The molecule has 8 nitrogen and oxygen atoms in total. The molecule has 148 valence electrons. The van der Waals surface area contributed by atoms with E-state index in [0.29, 0.717) is 38.2 Å². The molecule has 0 unspecified atom stereocenters. The van der Waals surface area contributed by atoms with Gasteiger partial charge < -0.3 is 15.0 Å². The van der Waals surface area contributed by atoms with Gasteiger partial charge in [-0.25, -0.2) is 18.1 Å². The molecule has 1 heterocycles. The van der Waals surface area contributed by atoms with Gasteiger partial charge in [0.15, 0.2) is 0 Å². The fourth-order valence-electron chi connectivity index (χ4n) is 3.03. The summed E-state index contributed by atoms with van der Waals surface area (Å²) >= 11 is 0. The summed E-state index contributed by atoms with van der Waals surface area (Å²) in [5.41, 5.74) is 0. The van der Waals surface area contributed by atoms with E-state index in [9.17, 15) is 13.2 Å². The molecule has 3 atom stereocenters.